The van der Waals surface area contributed by atoms with Crippen LogP contribution < -0.4 is 10.6 Å². The van der Waals surface area contributed by atoms with Crippen LogP contribution in [0.1, 0.15) is 13.8 Å². The zero-order valence-corrected chi connectivity index (χ0v) is 22.3. The molecule has 2 aliphatic heterocycles. The maximum absolute atomic E-state index is 14.4. The zero-order chi connectivity index (χ0) is 27.7. The SMILES string of the molecule is CCOC(=O)[C@@H](C#N)C1SC(=CCNc2ccc(F)c(NC(=O)N3CCN(CCO)CC3)c2)C(=O)N1CC. The van der Waals surface area contributed by atoms with Crippen LogP contribution in [0.4, 0.5) is 20.6 Å². The van der Waals surface area contributed by atoms with E-state index in [-0.39, 0.29) is 31.4 Å². The molecule has 0 aliphatic carbocycles. The number of β-amino-alcohol motifs (C(OH)–C–C–N with tert-alkyl or cyclic N) is 1. The van der Waals surface area contributed by atoms with E-state index >= 15 is 0 Å². The maximum Gasteiger partial charge on any atom is 0.326 e. The monoisotopic (exact) mass is 548 g/mol. The molecule has 3 amide bonds. The standard InChI is InChI=1S/C25H33FN6O5S/c1-3-32-22(34)21(38-23(32)18(16-27)24(35)37-4-2)7-8-28-17-5-6-19(26)20(15-17)29-25(36)31-11-9-30(10-12-31)13-14-33/h5-7,15,18,23,28,33H,3-4,8-14H2,1-2H3,(H,29,36)/t18-,23?/m0/s1. The van der Waals surface area contributed by atoms with Crippen LogP contribution in [0.5, 0.6) is 0 Å². The number of urea groups is 1. The van der Waals surface area contributed by atoms with E-state index in [9.17, 15) is 24.0 Å². The number of piperazine rings is 1. The van der Waals surface area contributed by atoms with Gasteiger partial charge < -0.3 is 30.3 Å². The lowest BCUT2D eigenvalue weighted by molar-refractivity contribution is -0.147. The topological polar surface area (TPSA) is 138 Å². The number of hydrogen-bond acceptors (Lipinski definition) is 9. The molecule has 1 aromatic carbocycles. The average Bonchev–Trinajstić information content (AvgIpc) is 3.21. The van der Waals surface area contributed by atoms with Crippen molar-refractivity contribution in [3.8, 4) is 6.07 Å². The van der Waals surface area contributed by atoms with Crippen molar-refractivity contribution in [2.45, 2.75) is 19.2 Å². The Hall–Kier alpha value is -3.34. The molecule has 2 heterocycles. The van der Waals surface area contributed by atoms with Gasteiger partial charge in [-0.25, -0.2) is 9.18 Å². The molecule has 2 fully saturated rings. The second-order valence-corrected chi connectivity index (χ2v) is 9.74. The van der Waals surface area contributed by atoms with Gasteiger partial charge in [0.1, 0.15) is 11.2 Å². The van der Waals surface area contributed by atoms with Crippen molar-refractivity contribution in [2.75, 3.05) is 69.7 Å². The first-order valence-electron chi connectivity index (χ1n) is 12.5. The largest absolute Gasteiger partial charge is 0.465 e. The predicted molar refractivity (Wildman–Crippen MR) is 142 cm³/mol. The van der Waals surface area contributed by atoms with Crippen LogP contribution >= 0.6 is 11.8 Å². The second-order valence-electron chi connectivity index (χ2n) is 8.58. The van der Waals surface area contributed by atoms with Crippen molar-refractivity contribution in [1.82, 2.24) is 14.7 Å². The fourth-order valence-electron chi connectivity index (χ4n) is 4.18. The van der Waals surface area contributed by atoms with Crippen LogP contribution in [-0.2, 0) is 14.3 Å². The van der Waals surface area contributed by atoms with Gasteiger partial charge in [-0.15, -0.1) is 0 Å². The molecule has 1 aromatic rings. The van der Waals surface area contributed by atoms with Gasteiger partial charge in [-0.05, 0) is 38.1 Å². The molecular formula is C25H33FN6O5S. The third-order valence-corrected chi connectivity index (χ3v) is 7.57. The number of anilines is 2. The Morgan fingerprint density at radius 1 is 1.32 bits per heavy atom. The van der Waals surface area contributed by atoms with Gasteiger partial charge in [0, 0.05) is 51.5 Å². The summed E-state index contributed by atoms with van der Waals surface area (Å²) in [6.45, 7) is 6.96. The molecule has 0 bridgehead atoms. The molecule has 0 saturated carbocycles. The van der Waals surface area contributed by atoms with Gasteiger partial charge in [-0.3, -0.25) is 14.5 Å². The minimum atomic E-state index is -1.11. The maximum atomic E-state index is 14.4. The lowest BCUT2D eigenvalue weighted by Gasteiger charge is -2.34. The zero-order valence-electron chi connectivity index (χ0n) is 21.5. The fourth-order valence-corrected chi connectivity index (χ4v) is 5.51. The van der Waals surface area contributed by atoms with E-state index in [2.05, 4.69) is 15.5 Å². The number of aliphatic hydroxyl groups excluding tert-OH is 1. The Balaban J connectivity index is 1.61. The van der Waals surface area contributed by atoms with Gasteiger partial charge in [0.15, 0.2) is 5.92 Å². The first kappa shape index (κ1) is 29.2. The van der Waals surface area contributed by atoms with Gasteiger partial charge in [-0.1, -0.05) is 11.8 Å². The lowest BCUT2D eigenvalue weighted by atomic mass is 10.1. The summed E-state index contributed by atoms with van der Waals surface area (Å²) in [5, 5.41) is 23.6. The molecule has 3 N–H and O–H groups in total. The molecule has 1 unspecified atom stereocenters. The molecule has 206 valence electrons. The van der Waals surface area contributed by atoms with E-state index in [1.165, 1.54) is 23.1 Å². The number of rotatable bonds is 10. The summed E-state index contributed by atoms with van der Waals surface area (Å²) >= 11 is 1.14. The average molecular weight is 549 g/mol. The van der Waals surface area contributed by atoms with E-state index in [4.69, 9.17) is 9.84 Å². The molecule has 0 spiro atoms. The van der Waals surface area contributed by atoms with E-state index < -0.39 is 29.1 Å². The summed E-state index contributed by atoms with van der Waals surface area (Å²) in [5.41, 5.74) is 0.562. The number of esters is 1. The minimum absolute atomic E-state index is 0.0280. The van der Waals surface area contributed by atoms with Gasteiger partial charge in [0.05, 0.1) is 29.9 Å². The van der Waals surface area contributed by atoms with Crippen molar-refractivity contribution in [3.05, 3.63) is 35.0 Å². The second kappa shape index (κ2) is 14.0. The smallest absolute Gasteiger partial charge is 0.326 e. The number of nitriles is 1. The molecule has 11 nitrogen and oxygen atoms in total. The van der Waals surface area contributed by atoms with Crippen LogP contribution in [0, 0.1) is 23.1 Å². The highest BCUT2D eigenvalue weighted by atomic mass is 32.2. The summed E-state index contributed by atoms with van der Waals surface area (Å²) in [7, 11) is 0. The number of amides is 3. The van der Waals surface area contributed by atoms with Crippen molar-refractivity contribution in [2.24, 2.45) is 5.92 Å². The van der Waals surface area contributed by atoms with Crippen molar-refractivity contribution in [1.29, 1.82) is 5.26 Å². The fraction of sp³-hybridized carbons (Fsp3) is 0.520. The molecule has 2 aliphatic rings. The van der Waals surface area contributed by atoms with Gasteiger partial charge in [0.2, 0.25) is 0 Å². The predicted octanol–water partition coefficient (Wildman–Crippen LogP) is 1.89. The Morgan fingerprint density at radius 2 is 2.05 bits per heavy atom. The Kier molecular flexibility index (Phi) is 10.8. The molecule has 2 atom stereocenters. The number of aliphatic hydroxyl groups is 1. The van der Waals surface area contributed by atoms with Gasteiger partial charge in [-0.2, -0.15) is 5.26 Å². The third-order valence-electron chi connectivity index (χ3n) is 6.21. The number of halogens is 1. The van der Waals surface area contributed by atoms with Crippen LogP contribution in [0.3, 0.4) is 0 Å². The first-order chi connectivity index (χ1) is 18.3. The van der Waals surface area contributed by atoms with Gasteiger partial charge >= 0.3 is 12.0 Å². The number of hydrogen-bond donors (Lipinski definition) is 3. The highest BCUT2D eigenvalue weighted by molar-refractivity contribution is 8.05. The van der Waals surface area contributed by atoms with Gasteiger partial charge in [0.25, 0.3) is 5.91 Å². The summed E-state index contributed by atoms with van der Waals surface area (Å²) < 4.78 is 19.4. The Bertz CT molecular complexity index is 1090. The number of ether oxygens (including phenoxy) is 1. The summed E-state index contributed by atoms with van der Waals surface area (Å²) in [4.78, 5) is 43.2. The van der Waals surface area contributed by atoms with Crippen molar-refractivity contribution in [3.63, 3.8) is 0 Å². The number of carbonyl (C=O) groups excluding carboxylic acids is 3. The minimum Gasteiger partial charge on any atom is -0.465 e. The third kappa shape index (κ3) is 7.15. The number of thioether (sulfide) groups is 1. The number of likely N-dealkylation sites (N-methyl/N-ethyl adjacent to an activating group) is 1. The summed E-state index contributed by atoms with van der Waals surface area (Å²) in [6.07, 6.45) is 1.66. The quantitative estimate of drug-likeness (QED) is 0.296. The Labute approximate surface area is 225 Å². The molecule has 3 rings (SSSR count). The van der Waals surface area contributed by atoms with E-state index in [0.717, 1.165) is 11.8 Å². The molecule has 2 saturated heterocycles. The molecule has 38 heavy (non-hydrogen) atoms. The highest BCUT2D eigenvalue weighted by Crippen LogP contribution is 2.39. The van der Waals surface area contributed by atoms with Crippen LogP contribution in [0.25, 0.3) is 0 Å². The van der Waals surface area contributed by atoms with Crippen LogP contribution in [0.15, 0.2) is 29.2 Å². The number of nitrogens with zero attached hydrogens (tertiary/aromatic N) is 4. The van der Waals surface area contributed by atoms with E-state index in [1.807, 2.05) is 6.07 Å². The molecular weight excluding hydrogens is 515 g/mol. The van der Waals surface area contributed by atoms with E-state index in [1.54, 1.807) is 24.8 Å². The lowest BCUT2D eigenvalue weighted by Crippen LogP contribution is -2.50. The molecule has 0 aromatic heterocycles. The molecule has 13 heteroatoms. The summed E-state index contributed by atoms with van der Waals surface area (Å²) in [6, 6.07) is 5.79. The van der Waals surface area contributed by atoms with Crippen LogP contribution in [0.2, 0.25) is 0 Å². The highest BCUT2D eigenvalue weighted by Gasteiger charge is 2.43. The number of benzene rings is 1. The molecule has 0 radical (unpaired) electrons. The Morgan fingerprint density at radius 3 is 2.68 bits per heavy atom. The number of carbonyl (C=O) groups is 3. The van der Waals surface area contributed by atoms with Crippen molar-refractivity contribution < 1.29 is 28.6 Å². The van der Waals surface area contributed by atoms with Crippen LogP contribution in [-0.4, -0.2) is 102 Å². The number of nitrogens with one attached hydrogen (secondary N) is 2. The summed E-state index contributed by atoms with van der Waals surface area (Å²) in [5.74, 6) is -2.62. The first-order valence-corrected chi connectivity index (χ1v) is 13.4. The normalized spacial score (nSPS) is 19.8. The van der Waals surface area contributed by atoms with Crippen molar-refractivity contribution >= 4 is 41.0 Å². The van der Waals surface area contributed by atoms with E-state index in [0.29, 0.717) is 49.9 Å².